The van der Waals surface area contributed by atoms with Crippen molar-refractivity contribution in [3.8, 4) is 0 Å². The molecule has 1 unspecified atom stereocenters. The van der Waals surface area contributed by atoms with Crippen LogP contribution in [0.15, 0.2) is 0 Å². The second-order valence-corrected chi connectivity index (χ2v) is 7.61. The van der Waals surface area contributed by atoms with Crippen molar-refractivity contribution in [2.45, 2.75) is 19.0 Å². The minimum atomic E-state index is -4.63. The van der Waals surface area contributed by atoms with Gasteiger partial charge in [0.1, 0.15) is 0 Å². The predicted molar refractivity (Wildman–Crippen MR) is 65.8 cm³/mol. The molecule has 0 aromatic rings. The smallest absolute Gasteiger partial charge is 0.341 e. The number of hydrogen-bond donors (Lipinski definition) is 1. The van der Waals surface area contributed by atoms with Gasteiger partial charge < -0.3 is 10.2 Å². The third kappa shape index (κ3) is 2.78. The molecule has 2 heterocycles. The second-order valence-electron chi connectivity index (χ2n) is 5.30. The molecular formula is C11H17F3N2O3S. The summed E-state index contributed by atoms with van der Waals surface area (Å²) in [6, 6.07) is 0. The highest BCUT2D eigenvalue weighted by Crippen LogP contribution is 2.44. The molecule has 5 nitrogen and oxygen atoms in total. The standard InChI is InChI=1S/C11H17F3N2O3S/c12-11(13,14)10(2-3-15-8-10)9(17)16-4-1-6-20(18,19)7-5-16/h15H,1-8H2. The number of carbonyl (C=O) groups excluding carboxylic acids is 1. The van der Waals surface area contributed by atoms with E-state index in [2.05, 4.69) is 5.32 Å². The van der Waals surface area contributed by atoms with Gasteiger partial charge in [0.2, 0.25) is 5.91 Å². The number of nitrogens with zero attached hydrogens (tertiary/aromatic N) is 1. The number of carbonyl (C=O) groups is 1. The Morgan fingerprint density at radius 2 is 1.90 bits per heavy atom. The Hall–Kier alpha value is -0.830. The molecule has 1 atom stereocenters. The van der Waals surface area contributed by atoms with Gasteiger partial charge in [-0.05, 0) is 19.4 Å². The molecule has 1 amide bonds. The van der Waals surface area contributed by atoms with Crippen LogP contribution in [0.5, 0.6) is 0 Å². The van der Waals surface area contributed by atoms with E-state index < -0.39 is 33.9 Å². The molecule has 2 rings (SSSR count). The molecule has 20 heavy (non-hydrogen) atoms. The maximum atomic E-state index is 13.3. The van der Waals surface area contributed by atoms with Gasteiger partial charge in [0.25, 0.3) is 0 Å². The van der Waals surface area contributed by atoms with Crippen molar-refractivity contribution in [1.82, 2.24) is 10.2 Å². The fraction of sp³-hybridized carbons (Fsp3) is 0.909. The summed E-state index contributed by atoms with van der Waals surface area (Å²) in [4.78, 5) is 13.4. The third-order valence-electron chi connectivity index (χ3n) is 3.95. The fourth-order valence-electron chi connectivity index (χ4n) is 2.68. The van der Waals surface area contributed by atoms with E-state index in [1.165, 1.54) is 0 Å². The molecule has 0 bridgehead atoms. The average molecular weight is 314 g/mol. The highest BCUT2D eigenvalue weighted by Gasteiger charge is 2.62. The number of sulfone groups is 1. The maximum Gasteiger partial charge on any atom is 0.404 e. The summed E-state index contributed by atoms with van der Waals surface area (Å²) in [5.74, 6) is -1.33. The maximum absolute atomic E-state index is 13.3. The zero-order valence-corrected chi connectivity index (χ0v) is 11.7. The van der Waals surface area contributed by atoms with E-state index in [-0.39, 0.29) is 44.0 Å². The molecule has 1 N–H and O–H groups in total. The zero-order chi connectivity index (χ0) is 15.0. The van der Waals surface area contributed by atoms with Gasteiger partial charge in [0.05, 0.1) is 11.5 Å². The summed E-state index contributed by atoms with van der Waals surface area (Å²) in [5.41, 5.74) is -2.40. The SMILES string of the molecule is O=C(N1CCCS(=O)(=O)CC1)C1(C(F)(F)F)CCNC1. The first-order valence-electron chi connectivity index (χ1n) is 6.45. The molecule has 0 spiro atoms. The first-order valence-corrected chi connectivity index (χ1v) is 8.27. The van der Waals surface area contributed by atoms with Crippen molar-refractivity contribution in [2.24, 2.45) is 5.41 Å². The van der Waals surface area contributed by atoms with E-state index in [0.29, 0.717) is 0 Å². The Balaban J connectivity index is 2.21. The normalized spacial score (nSPS) is 31.1. The van der Waals surface area contributed by atoms with Gasteiger partial charge in [-0.25, -0.2) is 8.42 Å². The van der Waals surface area contributed by atoms with E-state index in [0.717, 1.165) is 4.90 Å². The van der Waals surface area contributed by atoms with Crippen LogP contribution in [0.25, 0.3) is 0 Å². The average Bonchev–Trinajstić information content (AvgIpc) is 2.76. The van der Waals surface area contributed by atoms with E-state index in [4.69, 9.17) is 0 Å². The molecule has 0 aliphatic carbocycles. The van der Waals surface area contributed by atoms with Crippen molar-refractivity contribution in [1.29, 1.82) is 0 Å². The van der Waals surface area contributed by atoms with E-state index in [9.17, 15) is 26.4 Å². The Morgan fingerprint density at radius 1 is 1.20 bits per heavy atom. The predicted octanol–water partition coefficient (Wildman–Crippen LogP) is 0.176. The van der Waals surface area contributed by atoms with Crippen molar-refractivity contribution in [2.75, 3.05) is 37.7 Å². The first-order chi connectivity index (χ1) is 9.18. The summed E-state index contributed by atoms with van der Waals surface area (Å²) in [7, 11) is -3.26. The summed E-state index contributed by atoms with van der Waals surface area (Å²) >= 11 is 0. The number of rotatable bonds is 1. The van der Waals surface area contributed by atoms with Gasteiger partial charge in [-0.2, -0.15) is 13.2 Å². The lowest BCUT2D eigenvalue weighted by atomic mass is 9.84. The van der Waals surface area contributed by atoms with E-state index >= 15 is 0 Å². The summed E-state index contributed by atoms with van der Waals surface area (Å²) in [6.07, 6.45) is -4.73. The van der Waals surface area contributed by atoms with Crippen LogP contribution in [0.2, 0.25) is 0 Å². The molecule has 0 saturated carbocycles. The summed E-state index contributed by atoms with van der Waals surface area (Å²) < 4.78 is 62.7. The van der Waals surface area contributed by atoms with E-state index in [1.807, 2.05) is 0 Å². The van der Waals surface area contributed by atoms with Crippen LogP contribution in [0.3, 0.4) is 0 Å². The Labute approximate surface area is 115 Å². The number of halogens is 3. The van der Waals surface area contributed by atoms with Gasteiger partial charge in [-0.3, -0.25) is 4.79 Å². The van der Waals surface area contributed by atoms with Gasteiger partial charge in [0, 0.05) is 19.6 Å². The van der Waals surface area contributed by atoms with Crippen molar-refractivity contribution < 1.29 is 26.4 Å². The molecular weight excluding hydrogens is 297 g/mol. The van der Waals surface area contributed by atoms with Crippen molar-refractivity contribution in [3.05, 3.63) is 0 Å². The van der Waals surface area contributed by atoms with Gasteiger partial charge in [0.15, 0.2) is 15.3 Å². The summed E-state index contributed by atoms with van der Waals surface area (Å²) in [6.45, 7) is -0.384. The molecule has 0 aromatic carbocycles. The lowest BCUT2D eigenvalue weighted by molar-refractivity contribution is -0.221. The molecule has 0 radical (unpaired) electrons. The second kappa shape index (κ2) is 5.18. The van der Waals surface area contributed by atoms with Gasteiger partial charge in [-0.1, -0.05) is 0 Å². The number of nitrogens with one attached hydrogen (secondary N) is 1. The largest absolute Gasteiger partial charge is 0.404 e. The zero-order valence-electron chi connectivity index (χ0n) is 10.9. The topological polar surface area (TPSA) is 66.5 Å². The van der Waals surface area contributed by atoms with Crippen LogP contribution in [0.4, 0.5) is 13.2 Å². The lowest BCUT2D eigenvalue weighted by Crippen LogP contribution is -2.54. The van der Waals surface area contributed by atoms with Crippen LogP contribution in [0.1, 0.15) is 12.8 Å². The molecule has 0 aromatic heterocycles. The highest BCUT2D eigenvalue weighted by atomic mass is 32.2. The molecule has 2 saturated heterocycles. The van der Waals surface area contributed by atoms with Crippen LogP contribution in [-0.4, -0.2) is 63.1 Å². The Morgan fingerprint density at radius 3 is 2.45 bits per heavy atom. The monoisotopic (exact) mass is 314 g/mol. The number of amides is 1. The number of hydrogen-bond acceptors (Lipinski definition) is 4. The first kappa shape index (κ1) is 15.6. The Bertz CT molecular complexity index is 484. The van der Waals surface area contributed by atoms with Crippen molar-refractivity contribution >= 4 is 15.7 Å². The van der Waals surface area contributed by atoms with Crippen LogP contribution < -0.4 is 5.32 Å². The molecule has 2 aliphatic heterocycles. The van der Waals surface area contributed by atoms with Gasteiger partial charge in [-0.15, -0.1) is 0 Å². The molecule has 9 heteroatoms. The lowest BCUT2D eigenvalue weighted by Gasteiger charge is -2.34. The van der Waals surface area contributed by atoms with Crippen LogP contribution in [0, 0.1) is 5.41 Å². The van der Waals surface area contributed by atoms with Crippen LogP contribution in [-0.2, 0) is 14.6 Å². The molecule has 2 aliphatic rings. The third-order valence-corrected chi connectivity index (χ3v) is 5.67. The highest BCUT2D eigenvalue weighted by molar-refractivity contribution is 7.91. The van der Waals surface area contributed by atoms with Gasteiger partial charge >= 0.3 is 6.18 Å². The summed E-state index contributed by atoms with van der Waals surface area (Å²) in [5, 5.41) is 2.59. The quantitative estimate of drug-likeness (QED) is 0.749. The molecule has 2 fully saturated rings. The minimum Gasteiger partial charge on any atom is -0.341 e. The number of alkyl halides is 3. The molecule has 116 valence electrons. The van der Waals surface area contributed by atoms with E-state index in [1.54, 1.807) is 0 Å². The van der Waals surface area contributed by atoms with Crippen molar-refractivity contribution in [3.63, 3.8) is 0 Å². The fourth-order valence-corrected chi connectivity index (χ4v) is 3.95. The van der Waals surface area contributed by atoms with Crippen LogP contribution >= 0.6 is 0 Å². The minimum absolute atomic E-state index is 0.0654. The Kier molecular flexibility index (Phi) is 4.03.